The highest BCUT2D eigenvalue weighted by Gasteiger charge is 2.16. The zero-order chi connectivity index (χ0) is 10.8. The molecule has 1 rings (SSSR count). The van der Waals surface area contributed by atoms with Crippen LogP contribution in [0, 0.1) is 8.99 Å². The second-order valence-electron chi connectivity index (χ2n) is 4.93. The third-order valence-corrected chi connectivity index (χ3v) is 2.78. The summed E-state index contributed by atoms with van der Waals surface area (Å²) in [5.74, 6) is 0. The zero-order valence-electron chi connectivity index (χ0n) is 9.05. The second-order valence-corrected chi connectivity index (χ2v) is 6.17. The lowest BCUT2D eigenvalue weighted by atomic mass is 9.86. The van der Waals surface area contributed by atoms with Gasteiger partial charge in [-0.3, -0.25) is 0 Å². The molecule has 0 aliphatic heterocycles. The first kappa shape index (κ1) is 12.0. The van der Waals surface area contributed by atoms with Crippen LogP contribution in [0.4, 0.5) is 0 Å². The Bertz CT molecular complexity index is 301. The molecule has 0 heterocycles. The normalized spacial score (nSPS) is 14.1. The monoisotopic (exact) mass is 303 g/mol. The molecule has 0 bridgehead atoms. The van der Waals surface area contributed by atoms with Crippen molar-refractivity contribution in [2.75, 3.05) is 0 Å². The van der Waals surface area contributed by atoms with E-state index in [1.165, 1.54) is 9.13 Å². The van der Waals surface area contributed by atoms with Gasteiger partial charge in [-0.05, 0) is 52.1 Å². The summed E-state index contributed by atoms with van der Waals surface area (Å²) in [6.07, 6.45) is 1.02. The second kappa shape index (κ2) is 4.62. The van der Waals surface area contributed by atoms with Crippen molar-refractivity contribution in [1.29, 1.82) is 0 Å². The highest BCUT2D eigenvalue weighted by atomic mass is 127. The molecule has 0 aliphatic carbocycles. The van der Waals surface area contributed by atoms with Gasteiger partial charge >= 0.3 is 0 Å². The minimum Gasteiger partial charge on any atom is -0.324 e. The molecule has 0 unspecified atom stereocenters. The van der Waals surface area contributed by atoms with E-state index in [-0.39, 0.29) is 6.04 Å². The van der Waals surface area contributed by atoms with Crippen LogP contribution in [0.5, 0.6) is 0 Å². The Morgan fingerprint density at radius 1 is 1.36 bits per heavy atom. The molecule has 1 aromatic rings. The van der Waals surface area contributed by atoms with Crippen LogP contribution in [0.3, 0.4) is 0 Å². The Balaban J connectivity index is 2.74. The summed E-state index contributed by atoms with van der Waals surface area (Å²) < 4.78 is 1.25. The average molecular weight is 303 g/mol. The maximum absolute atomic E-state index is 6.15. The van der Waals surface area contributed by atoms with Crippen molar-refractivity contribution in [2.45, 2.75) is 33.2 Å². The Hall–Kier alpha value is -0.0900. The van der Waals surface area contributed by atoms with E-state index in [4.69, 9.17) is 5.73 Å². The van der Waals surface area contributed by atoms with E-state index in [9.17, 15) is 0 Å². The van der Waals surface area contributed by atoms with Crippen LogP contribution in [0.25, 0.3) is 0 Å². The number of rotatable bonds is 2. The topological polar surface area (TPSA) is 26.0 Å². The van der Waals surface area contributed by atoms with E-state index >= 15 is 0 Å². The fraction of sp³-hybridized carbons (Fsp3) is 0.500. The Kier molecular flexibility index (Phi) is 3.95. The van der Waals surface area contributed by atoms with Gasteiger partial charge in [0.05, 0.1) is 0 Å². The summed E-state index contributed by atoms with van der Waals surface area (Å²) in [7, 11) is 0. The van der Waals surface area contributed by atoms with Crippen LogP contribution >= 0.6 is 22.6 Å². The lowest BCUT2D eigenvalue weighted by molar-refractivity contribution is 0.343. The summed E-state index contributed by atoms with van der Waals surface area (Å²) >= 11 is 2.32. The molecule has 0 saturated carbocycles. The molecule has 1 aromatic carbocycles. The summed E-state index contributed by atoms with van der Waals surface area (Å²) in [6, 6.07) is 8.59. The lowest BCUT2D eigenvalue weighted by Gasteiger charge is -2.23. The largest absolute Gasteiger partial charge is 0.324 e. The van der Waals surface area contributed by atoms with E-state index in [0.29, 0.717) is 5.41 Å². The first-order valence-electron chi connectivity index (χ1n) is 4.89. The molecular formula is C12H18IN. The van der Waals surface area contributed by atoms with Crippen LogP contribution in [-0.4, -0.2) is 0 Å². The van der Waals surface area contributed by atoms with Crippen molar-refractivity contribution in [3.8, 4) is 0 Å². The van der Waals surface area contributed by atoms with E-state index < -0.39 is 0 Å². The maximum atomic E-state index is 6.15. The minimum absolute atomic E-state index is 0.157. The zero-order valence-corrected chi connectivity index (χ0v) is 11.2. The molecule has 0 spiro atoms. The first-order valence-corrected chi connectivity index (χ1v) is 5.97. The quantitative estimate of drug-likeness (QED) is 0.828. The Morgan fingerprint density at radius 3 is 2.50 bits per heavy atom. The van der Waals surface area contributed by atoms with Crippen molar-refractivity contribution in [3.05, 3.63) is 33.4 Å². The highest BCUT2D eigenvalue weighted by molar-refractivity contribution is 14.1. The van der Waals surface area contributed by atoms with Crippen molar-refractivity contribution in [2.24, 2.45) is 11.1 Å². The molecule has 14 heavy (non-hydrogen) atoms. The van der Waals surface area contributed by atoms with Gasteiger partial charge in [-0.15, -0.1) is 0 Å². The van der Waals surface area contributed by atoms with E-state index in [2.05, 4.69) is 67.6 Å². The molecule has 0 aliphatic rings. The van der Waals surface area contributed by atoms with Gasteiger partial charge in [0.25, 0.3) is 0 Å². The highest BCUT2D eigenvalue weighted by Crippen LogP contribution is 2.28. The van der Waals surface area contributed by atoms with E-state index in [1.807, 2.05) is 0 Å². The first-order chi connectivity index (χ1) is 6.38. The SMILES string of the molecule is CC(C)(C)C[C@H](N)c1cccc(I)c1. The molecule has 2 heteroatoms. The summed E-state index contributed by atoms with van der Waals surface area (Å²) in [5.41, 5.74) is 7.68. The van der Waals surface area contributed by atoms with E-state index in [0.717, 1.165) is 6.42 Å². The van der Waals surface area contributed by atoms with Gasteiger partial charge in [0.15, 0.2) is 0 Å². The van der Waals surface area contributed by atoms with Gasteiger partial charge in [-0.2, -0.15) is 0 Å². The van der Waals surface area contributed by atoms with Crippen molar-refractivity contribution >= 4 is 22.6 Å². The molecule has 0 saturated heterocycles. The number of halogens is 1. The van der Waals surface area contributed by atoms with Gasteiger partial charge in [-0.1, -0.05) is 32.9 Å². The van der Waals surface area contributed by atoms with Gasteiger partial charge in [-0.25, -0.2) is 0 Å². The molecule has 0 aromatic heterocycles. The minimum atomic E-state index is 0.157. The third-order valence-electron chi connectivity index (χ3n) is 2.11. The summed E-state index contributed by atoms with van der Waals surface area (Å²) in [5, 5.41) is 0. The van der Waals surface area contributed by atoms with Gasteiger partial charge in [0, 0.05) is 9.61 Å². The van der Waals surface area contributed by atoms with Crippen LogP contribution in [-0.2, 0) is 0 Å². The van der Waals surface area contributed by atoms with Crippen LogP contribution in [0.2, 0.25) is 0 Å². The standard InChI is InChI=1S/C12H18IN/c1-12(2,3)8-11(14)9-5-4-6-10(13)7-9/h4-7,11H,8,14H2,1-3H3/t11-/m0/s1. The fourth-order valence-corrected chi connectivity index (χ4v) is 2.08. The molecule has 1 nitrogen and oxygen atoms in total. The maximum Gasteiger partial charge on any atom is 0.0300 e. The molecule has 0 radical (unpaired) electrons. The van der Waals surface area contributed by atoms with Gasteiger partial charge in [0.1, 0.15) is 0 Å². The van der Waals surface area contributed by atoms with E-state index in [1.54, 1.807) is 0 Å². The molecule has 78 valence electrons. The van der Waals surface area contributed by atoms with Crippen molar-refractivity contribution in [1.82, 2.24) is 0 Å². The number of hydrogen-bond donors (Lipinski definition) is 1. The van der Waals surface area contributed by atoms with Crippen molar-refractivity contribution < 1.29 is 0 Å². The smallest absolute Gasteiger partial charge is 0.0300 e. The summed E-state index contributed by atoms with van der Waals surface area (Å²) in [6.45, 7) is 6.67. The number of benzene rings is 1. The average Bonchev–Trinajstić information content (AvgIpc) is 2.01. The predicted octanol–water partition coefficient (Wildman–Crippen LogP) is 3.73. The molecular weight excluding hydrogens is 285 g/mol. The molecule has 1 atom stereocenters. The molecule has 0 amide bonds. The van der Waals surface area contributed by atoms with Gasteiger partial charge < -0.3 is 5.73 Å². The van der Waals surface area contributed by atoms with Crippen LogP contribution in [0.1, 0.15) is 38.8 Å². The number of hydrogen-bond acceptors (Lipinski definition) is 1. The molecule has 0 fully saturated rings. The lowest BCUT2D eigenvalue weighted by Crippen LogP contribution is -2.18. The number of nitrogens with two attached hydrogens (primary N) is 1. The predicted molar refractivity (Wildman–Crippen MR) is 70.2 cm³/mol. The van der Waals surface area contributed by atoms with Crippen LogP contribution in [0.15, 0.2) is 24.3 Å². The van der Waals surface area contributed by atoms with Crippen molar-refractivity contribution in [3.63, 3.8) is 0 Å². The fourth-order valence-electron chi connectivity index (χ4n) is 1.51. The Labute approximate surface area is 100 Å². The van der Waals surface area contributed by atoms with Gasteiger partial charge in [0.2, 0.25) is 0 Å². The molecule has 2 N–H and O–H groups in total. The Morgan fingerprint density at radius 2 is 2.00 bits per heavy atom. The summed E-state index contributed by atoms with van der Waals surface area (Å²) in [4.78, 5) is 0. The third kappa shape index (κ3) is 3.96. The van der Waals surface area contributed by atoms with Crippen LogP contribution < -0.4 is 5.73 Å².